The van der Waals surface area contributed by atoms with Gasteiger partial charge >= 0.3 is 0 Å². The number of carbonyl (C=O) groups excluding carboxylic acids is 1. The van der Waals surface area contributed by atoms with E-state index in [1.165, 1.54) is 12.1 Å². The number of nitrogens with one attached hydrogen (secondary N) is 1. The standard InChI is InChI=1S/C13H13N3O2/c1-8-4-2-7-11(15-8)16-13(18)9-5-3-6-10(14)12(9)17/h2-7,17H,14H2,1H3,(H,15,16,18). The minimum Gasteiger partial charge on any atom is -0.505 e. The van der Waals surface area contributed by atoms with Gasteiger partial charge in [0.05, 0.1) is 11.3 Å². The number of hydrogen-bond acceptors (Lipinski definition) is 4. The number of nitrogens with zero attached hydrogens (tertiary/aromatic N) is 1. The average molecular weight is 243 g/mol. The number of aromatic hydroxyl groups is 1. The summed E-state index contributed by atoms with van der Waals surface area (Å²) in [5.74, 6) is -0.234. The fraction of sp³-hybridized carbons (Fsp3) is 0.0769. The van der Waals surface area contributed by atoms with E-state index in [2.05, 4.69) is 10.3 Å². The molecule has 18 heavy (non-hydrogen) atoms. The maximum Gasteiger partial charge on any atom is 0.260 e. The van der Waals surface area contributed by atoms with Crippen molar-refractivity contribution in [1.82, 2.24) is 4.98 Å². The van der Waals surface area contributed by atoms with Gasteiger partial charge in [-0.2, -0.15) is 0 Å². The van der Waals surface area contributed by atoms with Crippen LogP contribution in [0.5, 0.6) is 5.75 Å². The van der Waals surface area contributed by atoms with E-state index in [1.54, 1.807) is 18.2 Å². The van der Waals surface area contributed by atoms with Crippen LogP contribution in [0.1, 0.15) is 16.1 Å². The number of benzene rings is 1. The van der Waals surface area contributed by atoms with Crippen molar-refractivity contribution in [1.29, 1.82) is 0 Å². The summed E-state index contributed by atoms with van der Waals surface area (Å²) in [5.41, 5.74) is 6.62. The second-order valence-electron chi connectivity index (χ2n) is 3.86. The summed E-state index contributed by atoms with van der Waals surface area (Å²) in [7, 11) is 0. The molecule has 1 amide bonds. The monoisotopic (exact) mass is 243 g/mol. The number of carbonyl (C=O) groups is 1. The summed E-state index contributed by atoms with van der Waals surface area (Å²) < 4.78 is 0. The lowest BCUT2D eigenvalue weighted by atomic mass is 10.1. The number of aromatic nitrogens is 1. The Morgan fingerprint density at radius 2 is 2.00 bits per heavy atom. The SMILES string of the molecule is Cc1cccc(NC(=O)c2cccc(N)c2O)n1. The molecule has 2 rings (SSSR count). The van der Waals surface area contributed by atoms with Gasteiger partial charge in [-0.3, -0.25) is 4.79 Å². The Hall–Kier alpha value is -2.56. The lowest BCUT2D eigenvalue weighted by Gasteiger charge is -2.07. The molecule has 1 aromatic carbocycles. The average Bonchev–Trinajstić information content (AvgIpc) is 2.32. The maximum absolute atomic E-state index is 11.9. The number of rotatable bonds is 2. The minimum absolute atomic E-state index is 0.123. The first-order valence-electron chi connectivity index (χ1n) is 5.40. The number of nitrogen functional groups attached to an aromatic ring is 1. The van der Waals surface area contributed by atoms with Crippen LogP contribution in [0.25, 0.3) is 0 Å². The summed E-state index contributed by atoms with van der Waals surface area (Å²) in [6.07, 6.45) is 0. The normalized spacial score (nSPS) is 10.1. The van der Waals surface area contributed by atoms with Crippen LogP contribution in [-0.2, 0) is 0 Å². The second-order valence-corrected chi connectivity index (χ2v) is 3.86. The molecule has 0 aliphatic heterocycles. The van der Waals surface area contributed by atoms with E-state index in [9.17, 15) is 9.90 Å². The van der Waals surface area contributed by atoms with Gasteiger partial charge in [-0.05, 0) is 31.2 Å². The highest BCUT2D eigenvalue weighted by Crippen LogP contribution is 2.24. The van der Waals surface area contributed by atoms with E-state index in [-0.39, 0.29) is 17.0 Å². The summed E-state index contributed by atoms with van der Waals surface area (Å²) >= 11 is 0. The summed E-state index contributed by atoms with van der Waals surface area (Å²) in [6.45, 7) is 1.83. The van der Waals surface area contributed by atoms with Crippen molar-refractivity contribution in [2.45, 2.75) is 6.92 Å². The molecule has 0 aliphatic rings. The molecule has 0 saturated heterocycles. The van der Waals surface area contributed by atoms with E-state index in [1.807, 2.05) is 13.0 Å². The molecular formula is C13H13N3O2. The molecule has 0 spiro atoms. The van der Waals surface area contributed by atoms with Crippen molar-refractivity contribution < 1.29 is 9.90 Å². The van der Waals surface area contributed by atoms with Gasteiger partial charge in [0, 0.05) is 5.69 Å². The second kappa shape index (κ2) is 4.75. The predicted octanol–water partition coefficient (Wildman–Crippen LogP) is 1.93. The Morgan fingerprint density at radius 1 is 1.28 bits per heavy atom. The topological polar surface area (TPSA) is 88.2 Å². The molecule has 0 bridgehead atoms. The van der Waals surface area contributed by atoms with Crippen molar-refractivity contribution in [3.63, 3.8) is 0 Å². The molecule has 5 heteroatoms. The number of amides is 1. The third kappa shape index (κ3) is 2.40. The van der Waals surface area contributed by atoms with Gasteiger partial charge in [-0.25, -0.2) is 4.98 Å². The summed E-state index contributed by atoms with van der Waals surface area (Å²) in [4.78, 5) is 16.1. The van der Waals surface area contributed by atoms with Crippen molar-refractivity contribution in [3.8, 4) is 5.75 Å². The Labute approximate surface area is 104 Å². The van der Waals surface area contributed by atoms with Crippen LogP contribution in [-0.4, -0.2) is 16.0 Å². The molecule has 92 valence electrons. The van der Waals surface area contributed by atoms with Crippen LogP contribution in [0, 0.1) is 6.92 Å². The highest BCUT2D eigenvalue weighted by atomic mass is 16.3. The fourth-order valence-electron chi connectivity index (χ4n) is 1.54. The zero-order valence-corrected chi connectivity index (χ0v) is 9.84. The number of aryl methyl sites for hydroxylation is 1. The summed E-state index contributed by atoms with van der Waals surface area (Å²) in [6, 6.07) is 9.92. The highest BCUT2D eigenvalue weighted by Gasteiger charge is 2.13. The molecule has 1 heterocycles. The van der Waals surface area contributed by atoms with E-state index in [0.29, 0.717) is 5.82 Å². The van der Waals surface area contributed by atoms with Crippen LogP contribution >= 0.6 is 0 Å². The number of para-hydroxylation sites is 1. The number of phenols is 1. The first-order chi connectivity index (χ1) is 8.58. The van der Waals surface area contributed by atoms with Crippen molar-refractivity contribution in [2.75, 3.05) is 11.1 Å². The lowest BCUT2D eigenvalue weighted by Crippen LogP contribution is -2.13. The molecule has 1 aromatic heterocycles. The van der Waals surface area contributed by atoms with E-state index < -0.39 is 5.91 Å². The Morgan fingerprint density at radius 3 is 2.72 bits per heavy atom. The fourth-order valence-corrected chi connectivity index (χ4v) is 1.54. The molecule has 4 N–H and O–H groups in total. The van der Waals surface area contributed by atoms with Gasteiger partial charge in [0.15, 0.2) is 5.75 Å². The van der Waals surface area contributed by atoms with Crippen LogP contribution in [0.4, 0.5) is 11.5 Å². The molecule has 5 nitrogen and oxygen atoms in total. The molecule has 0 fully saturated rings. The highest BCUT2D eigenvalue weighted by molar-refractivity contribution is 6.06. The molecule has 2 aromatic rings. The third-order valence-electron chi connectivity index (χ3n) is 2.44. The number of phenolic OH excluding ortho intramolecular Hbond substituents is 1. The smallest absolute Gasteiger partial charge is 0.260 e. The number of pyridine rings is 1. The molecule has 0 saturated carbocycles. The first kappa shape index (κ1) is 11.9. The van der Waals surface area contributed by atoms with Crippen LogP contribution in [0.15, 0.2) is 36.4 Å². The van der Waals surface area contributed by atoms with Crippen LogP contribution in [0.2, 0.25) is 0 Å². The zero-order valence-electron chi connectivity index (χ0n) is 9.84. The quantitative estimate of drug-likeness (QED) is 0.555. The van der Waals surface area contributed by atoms with Crippen molar-refractivity contribution in [3.05, 3.63) is 47.7 Å². The molecule has 0 unspecified atom stereocenters. The number of nitrogens with two attached hydrogens (primary N) is 1. The van der Waals surface area contributed by atoms with E-state index >= 15 is 0 Å². The number of anilines is 2. The van der Waals surface area contributed by atoms with Crippen LogP contribution < -0.4 is 11.1 Å². The Kier molecular flexibility index (Phi) is 3.14. The van der Waals surface area contributed by atoms with Crippen molar-refractivity contribution >= 4 is 17.4 Å². The zero-order chi connectivity index (χ0) is 13.1. The molecule has 0 atom stereocenters. The van der Waals surface area contributed by atoms with E-state index in [0.717, 1.165) is 5.69 Å². The maximum atomic E-state index is 11.9. The predicted molar refractivity (Wildman–Crippen MR) is 69.4 cm³/mol. The van der Waals surface area contributed by atoms with Gasteiger partial charge in [0.25, 0.3) is 5.91 Å². The molecule has 0 aliphatic carbocycles. The van der Waals surface area contributed by atoms with Gasteiger partial charge in [0.2, 0.25) is 0 Å². The van der Waals surface area contributed by atoms with Gasteiger partial charge in [0.1, 0.15) is 5.82 Å². The minimum atomic E-state index is -0.446. The van der Waals surface area contributed by atoms with Gasteiger partial charge in [-0.15, -0.1) is 0 Å². The van der Waals surface area contributed by atoms with Crippen LogP contribution in [0.3, 0.4) is 0 Å². The first-order valence-corrected chi connectivity index (χ1v) is 5.40. The third-order valence-corrected chi connectivity index (χ3v) is 2.44. The van der Waals surface area contributed by atoms with Crippen molar-refractivity contribution in [2.24, 2.45) is 0 Å². The largest absolute Gasteiger partial charge is 0.505 e. The number of hydrogen-bond donors (Lipinski definition) is 3. The Bertz CT molecular complexity index is 597. The van der Waals surface area contributed by atoms with E-state index in [4.69, 9.17) is 5.73 Å². The lowest BCUT2D eigenvalue weighted by molar-refractivity contribution is 0.102. The summed E-state index contributed by atoms with van der Waals surface area (Å²) in [5, 5.41) is 12.3. The van der Waals surface area contributed by atoms with Gasteiger partial charge in [-0.1, -0.05) is 12.1 Å². The Balaban J connectivity index is 2.25. The molecular weight excluding hydrogens is 230 g/mol. The molecule has 0 radical (unpaired) electrons. The van der Waals surface area contributed by atoms with Gasteiger partial charge < -0.3 is 16.2 Å².